The van der Waals surface area contributed by atoms with Gasteiger partial charge in [-0.05, 0) is 42.8 Å². The standard InChI is InChI=1S/C25H29ClN4O4/c1-3-34-24(31)22-21(27-25(32)28-23(22)17-6-4-9-20(14-17)33-2)16-29-10-12-30(13-11-29)19-8-5-7-18(26)15-19/h4-9,14-15,23H,3,10-13,16H2,1-2H3,(H2,27,28,32)/t23-/m1/s1. The highest BCUT2D eigenvalue weighted by Gasteiger charge is 2.35. The molecular formula is C25H29ClN4O4. The average molecular weight is 485 g/mol. The van der Waals surface area contributed by atoms with Crippen LogP contribution in [-0.2, 0) is 9.53 Å². The van der Waals surface area contributed by atoms with Gasteiger partial charge in [-0.15, -0.1) is 0 Å². The summed E-state index contributed by atoms with van der Waals surface area (Å²) in [4.78, 5) is 30.1. The van der Waals surface area contributed by atoms with Crippen LogP contribution in [0, 0.1) is 0 Å². The number of anilines is 1. The number of hydrogen-bond donors (Lipinski definition) is 2. The van der Waals surface area contributed by atoms with Crippen LogP contribution >= 0.6 is 11.6 Å². The Bertz CT molecular complexity index is 1080. The first-order chi connectivity index (χ1) is 16.5. The maximum absolute atomic E-state index is 13.0. The molecule has 2 amide bonds. The van der Waals surface area contributed by atoms with Crippen molar-refractivity contribution in [2.24, 2.45) is 0 Å². The minimum absolute atomic E-state index is 0.243. The number of ether oxygens (including phenoxy) is 2. The molecule has 1 saturated heterocycles. The summed E-state index contributed by atoms with van der Waals surface area (Å²) in [5, 5.41) is 6.44. The van der Waals surface area contributed by atoms with Gasteiger partial charge in [0.15, 0.2) is 0 Å². The third-order valence-electron chi connectivity index (χ3n) is 6.00. The van der Waals surface area contributed by atoms with Gasteiger partial charge in [-0.2, -0.15) is 0 Å². The Morgan fingerprint density at radius 2 is 1.88 bits per heavy atom. The van der Waals surface area contributed by atoms with Crippen molar-refractivity contribution >= 4 is 29.3 Å². The van der Waals surface area contributed by atoms with Crippen molar-refractivity contribution in [3.05, 3.63) is 70.4 Å². The van der Waals surface area contributed by atoms with Gasteiger partial charge in [0, 0.05) is 49.1 Å². The molecule has 2 aliphatic rings. The fraction of sp³-hybridized carbons (Fsp3) is 0.360. The molecule has 2 aromatic rings. The number of rotatable bonds is 7. The number of piperazine rings is 1. The number of amides is 2. The molecule has 2 aliphatic heterocycles. The first kappa shape index (κ1) is 23.9. The number of methoxy groups -OCH3 is 1. The highest BCUT2D eigenvalue weighted by Crippen LogP contribution is 2.30. The van der Waals surface area contributed by atoms with Gasteiger partial charge in [0.2, 0.25) is 0 Å². The quantitative estimate of drug-likeness (QED) is 0.586. The van der Waals surface area contributed by atoms with Gasteiger partial charge in [0.1, 0.15) is 5.75 Å². The number of carbonyl (C=O) groups excluding carboxylic acids is 2. The fourth-order valence-corrected chi connectivity index (χ4v) is 4.51. The van der Waals surface area contributed by atoms with E-state index in [0.717, 1.165) is 37.4 Å². The van der Waals surface area contributed by atoms with Crippen molar-refractivity contribution in [2.45, 2.75) is 13.0 Å². The van der Waals surface area contributed by atoms with E-state index in [4.69, 9.17) is 21.1 Å². The molecule has 4 rings (SSSR count). The van der Waals surface area contributed by atoms with Crippen molar-refractivity contribution < 1.29 is 19.1 Å². The number of halogens is 1. The Morgan fingerprint density at radius 3 is 2.59 bits per heavy atom. The molecule has 8 nitrogen and oxygen atoms in total. The summed E-state index contributed by atoms with van der Waals surface area (Å²) in [6.45, 7) is 5.63. The lowest BCUT2D eigenvalue weighted by molar-refractivity contribution is -0.139. The Balaban J connectivity index is 1.57. The van der Waals surface area contributed by atoms with E-state index in [0.29, 0.717) is 28.6 Å². The van der Waals surface area contributed by atoms with Crippen LogP contribution < -0.4 is 20.3 Å². The zero-order valence-corrected chi connectivity index (χ0v) is 20.1. The van der Waals surface area contributed by atoms with E-state index in [1.807, 2.05) is 42.5 Å². The van der Waals surface area contributed by atoms with E-state index < -0.39 is 12.0 Å². The van der Waals surface area contributed by atoms with E-state index in [2.05, 4.69) is 26.5 Å². The molecular weight excluding hydrogens is 456 g/mol. The molecule has 34 heavy (non-hydrogen) atoms. The van der Waals surface area contributed by atoms with Crippen LogP contribution in [-0.4, -0.2) is 63.3 Å². The zero-order valence-electron chi connectivity index (χ0n) is 19.3. The topological polar surface area (TPSA) is 83.1 Å². The summed E-state index contributed by atoms with van der Waals surface area (Å²) in [6, 6.07) is 14.2. The first-order valence-corrected chi connectivity index (χ1v) is 11.7. The summed E-state index contributed by atoms with van der Waals surface area (Å²) in [7, 11) is 1.58. The van der Waals surface area contributed by atoms with Crippen LogP contribution in [0.2, 0.25) is 5.02 Å². The number of benzene rings is 2. The van der Waals surface area contributed by atoms with Crippen LogP contribution in [0.4, 0.5) is 10.5 Å². The molecule has 1 fully saturated rings. The lowest BCUT2D eigenvalue weighted by Crippen LogP contribution is -2.51. The summed E-state index contributed by atoms with van der Waals surface area (Å²) in [6.07, 6.45) is 0. The number of esters is 1. The summed E-state index contributed by atoms with van der Waals surface area (Å²) >= 11 is 6.15. The predicted molar refractivity (Wildman–Crippen MR) is 131 cm³/mol. The second-order valence-corrected chi connectivity index (χ2v) is 8.60. The third kappa shape index (κ3) is 5.46. The molecule has 0 unspecified atom stereocenters. The van der Waals surface area contributed by atoms with Crippen molar-refractivity contribution in [3.8, 4) is 5.75 Å². The third-order valence-corrected chi connectivity index (χ3v) is 6.24. The van der Waals surface area contributed by atoms with Crippen molar-refractivity contribution in [1.29, 1.82) is 0 Å². The first-order valence-electron chi connectivity index (χ1n) is 11.3. The van der Waals surface area contributed by atoms with Crippen LogP contribution in [0.15, 0.2) is 59.8 Å². The summed E-state index contributed by atoms with van der Waals surface area (Å²) in [5.41, 5.74) is 2.81. The van der Waals surface area contributed by atoms with Crippen LogP contribution in [0.3, 0.4) is 0 Å². The summed E-state index contributed by atoms with van der Waals surface area (Å²) < 4.78 is 10.7. The largest absolute Gasteiger partial charge is 0.497 e. The second-order valence-electron chi connectivity index (χ2n) is 8.16. The SMILES string of the molecule is CCOC(=O)C1=C(CN2CCN(c3cccc(Cl)c3)CC2)NC(=O)N[C@@H]1c1cccc(OC)c1. The Kier molecular flexibility index (Phi) is 7.59. The second kappa shape index (κ2) is 10.8. The monoisotopic (exact) mass is 484 g/mol. The molecule has 9 heteroatoms. The Hall–Kier alpha value is -3.23. The average Bonchev–Trinajstić information content (AvgIpc) is 2.84. The zero-order chi connectivity index (χ0) is 24.1. The smallest absolute Gasteiger partial charge is 0.338 e. The highest BCUT2D eigenvalue weighted by atomic mass is 35.5. The number of hydrogen-bond acceptors (Lipinski definition) is 6. The maximum atomic E-state index is 13.0. The number of nitrogens with one attached hydrogen (secondary N) is 2. The molecule has 0 spiro atoms. The number of nitrogens with zero attached hydrogens (tertiary/aromatic N) is 2. The van der Waals surface area contributed by atoms with E-state index in [9.17, 15) is 9.59 Å². The van der Waals surface area contributed by atoms with Crippen molar-refractivity contribution in [3.63, 3.8) is 0 Å². The molecule has 0 aromatic heterocycles. The van der Waals surface area contributed by atoms with Gasteiger partial charge < -0.3 is 25.0 Å². The van der Waals surface area contributed by atoms with Crippen molar-refractivity contribution in [1.82, 2.24) is 15.5 Å². The lowest BCUT2D eigenvalue weighted by Gasteiger charge is -2.38. The highest BCUT2D eigenvalue weighted by molar-refractivity contribution is 6.30. The van der Waals surface area contributed by atoms with Gasteiger partial charge in [0.25, 0.3) is 0 Å². The number of carbonyl (C=O) groups is 2. The van der Waals surface area contributed by atoms with Gasteiger partial charge >= 0.3 is 12.0 Å². The Morgan fingerprint density at radius 1 is 1.12 bits per heavy atom. The molecule has 0 radical (unpaired) electrons. The lowest BCUT2D eigenvalue weighted by atomic mass is 9.94. The number of urea groups is 1. The van der Waals surface area contributed by atoms with Gasteiger partial charge in [-0.25, -0.2) is 9.59 Å². The molecule has 1 atom stereocenters. The van der Waals surface area contributed by atoms with E-state index in [-0.39, 0.29) is 12.6 Å². The molecule has 0 saturated carbocycles. The molecule has 180 valence electrons. The normalized spacial score (nSPS) is 18.9. The van der Waals surface area contributed by atoms with Crippen molar-refractivity contribution in [2.75, 3.05) is 51.3 Å². The maximum Gasteiger partial charge on any atom is 0.338 e. The van der Waals surface area contributed by atoms with Crippen LogP contribution in [0.25, 0.3) is 0 Å². The van der Waals surface area contributed by atoms with Crippen LogP contribution in [0.1, 0.15) is 18.5 Å². The van der Waals surface area contributed by atoms with Crippen LogP contribution in [0.5, 0.6) is 5.75 Å². The van der Waals surface area contributed by atoms with E-state index in [1.54, 1.807) is 14.0 Å². The van der Waals surface area contributed by atoms with E-state index >= 15 is 0 Å². The Labute approximate surface area is 204 Å². The van der Waals surface area contributed by atoms with E-state index in [1.165, 1.54) is 0 Å². The minimum atomic E-state index is -0.634. The molecule has 2 heterocycles. The molecule has 0 bridgehead atoms. The predicted octanol–water partition coefficient (Wildman–Crippen LogP) is 3.34. The molecule has 2 aromatic carbocycles. The minimum Gasteiger partial charge on any atom is -0.497 e. The summed E-state index contributed by atoms with van der Waals surface area (Å²) in [5.74, 6) is 0.197. The van der Waals surface area contributed by atoms with Gasteiger partial charge in [-0.3, -0.25) is 4.90 Å². The fourth-order valence-electron chi connectivity index (χ4n) is 4.32. The van der Waals surface area contributed by atoms with Gasteiger partial charge in [-0.1, -0.05) is 29.8 Å². The molecule has 2 N–H and O–H groups in total. The molecule has 0 aliphatic carbocycles. The van der Waals surface area contributed by atoms with Gasteiger partial charge in [0.05, 0.1) is 25.3 Å².